The first-order valence-electron chi connectivity index (χ1n) is 7.01. The van der Waals surface area contributed by atoms with Crippen LogP contribution in [0, 0.1) is 5.82 Å². The summed E-state index contributed by atoms with van der Waals surface area (Å²) in [4.78, 5) is 13.7. The van der Waals surface area contributed by atoms with Gasteiger partial charge in [-0.25, -0.2) is 4.39 Å². The predicted octanol–water partition coefficient (Wildman–Crippen LogP) is 3.14. The molecule has 2 rings (SSSR count). The minimum absolute atomic E-state index is 0.115. The molecular formula is C15H21FN2O. The van der Waals surface area contributed by atoms with Gasteiger partial charge in [-0.2, -0.15) is 0 Å². The Morgan fingerprint density at radius 2 is 2.00 bits per heavy atom. The molecule has 1 aromatic rings. The molecular weight excluding hydrogens is 243 g/mol. The number of hydrogen-bond acceptors (Lipinski definition) is 2. The molecule has 0 aliphatic carbocycles. The fourth-order valence-corrected chi connectivity index (χ4v) is 2.54. The van der Waals surface area contributed by atoms with Crippen molar-refractivity contribution in [3.8, 4) is 0 Å². The van der Waals surface area contributed by atoms with Crippen LogP contribution in [-0.2, 0) is 4.79 Å². The first-order valence-corrected chi connectivity index (χ1v) is 7.01. The van der Waals surface area contributed by atoms with Crippen molar-refractivity contribution in [1.82, 2.24) is 0 Å². The van der Waals surface area contributed by atoms with E-state index in [1.54, 1.807) is 11.0 Å². The molecule has 1 unspecified atom stereocenters. The second-order valence-electron chi connectivity index (χ2n) is 5.08. The molecule has 2 N–H and O–H groups in total. The highest BCUT2D eigenvalue weighted by molar-refractivity contribution is 6.04. The van der Waals surface area contributed by atoms with Crippen LogP contribution in [0.4, 0.5) is 10.1 Å². The normalized spacial score (nSPS) is 17.9. The summed E-state index contributed by atoms with van der Waals surface area (Å²) in [6.07, 6.45) is 5.63. The van der Waals surface area contributed by atoms with Gasteiger partial charge in [-0.15, -0.1) is 0 Å². The highest BCUT2D eigenvalue weighted by Gasteiger charge is 2.34. The number of benzene rings is 1. The SMILES string of the molecule is CCCCCCCN1C(=O)C(N)c2ccc(F)cc21. The van der Waals surface area contributed by atoms with Gasteiger partial charge in [-0.05, 0) is 18.6 Å². The van der Waals surface area contributed by atoms with E-state index in [2.05, 4.69) is 6.92 Å². The smallest absolute Gasteiger partial charge is 0.248 e. The molecule has 104 valence electrons. The van der Waals surface area contributed by atoms with E-state index < -0.39 is 6.04 Å². The number of hydrogen-bond donors (Lipinski definition) is 1. The molecule has 0 spiro atoms. The van der Waals surface area contributed by atoms with Crippen LogP contribution in [0.1, 0.15) is 50.6 Å². The lowest BCUT2D eigenvalue weighted by Gasteiger charge is -2.17. The number of anilines is 1. The van der Waals surface area contributed by atoms with Gasteiger partial charge >= 0.3 is 0 Å². The maximum Gasteiger partial charge on any atom is 0.248 e. The van der Waals surface area contributed by atoms with E-state index in [0.717, 1.165) is 18.4 Å². The van der Waals surface area contributed by atoms with Gasteiger partial charge in [0, 0.05) is 12.1 Å². The van der Waals surface area contributed by atoms with Crippen LogP contribution in [0.5, 0.6) is 0 Å². The van der Waals surface area contributed by atoms with E-state index >= 15 is 0 Å². The van der Waals surface area contributed by atoms with Gasteiger partial charge < -0.3 is 10.6 Å². The van der Waals surface area contributed by atoms with Crippen LogP contribution in [0.2, 0.25) is 0 Å². The summed E-state index contributed by atoms with van der Waals surface area (Å²) < 4.78 is 13.3. The summed E-state index contributed by atoms with van der Waals surface area (Å²) in [7, 11) is 0. The summed E-state index contributed by atoms with van der Waals surface area (Å²) in [5.41, 5.74) is 7.25. The lowest BCUT2D eigenvalue weighted by atomic mass is 10.1. The molecule has 4 heteroatoms. The van der Waals surface area contributed by atoms with Crippen LogP contribution in [-0.4, -0.2) is 12.5 Å². The molecule has 0 saturated heterocycles. The number of carbonyl (C=O) groups excluding carboxylic acids is 1. The summed E-state index contributed by atoms with van der Waals surface area (Å²) in [5, 5.41) is 0. The highest BCUT2D eigenvalue weighted by Crippen LogP contribution is 2.35. The molecule has 0 fully saturated rings. The lowest BCUT2D eigenvalue weighted by molar-refractivity contribution is -0.119. The number of fused-ring (bicyclic) bond motifs is 1. The molecule has 1 amide bonds. The van der Waals surface area contributed by atoms with E-state index in [-0.39, 0.29) is 11.7 Å². The van der Waals surface area contributed by atoms with Gasteiger partial charge in [0.1, 0.15) is 11.9 Å². The fourth-order valence-electron chi connectivity index (χ4n) is 2.54. The van der Waals surface area contributed by atoms with Crippen molar-refractivity contribution in [2.24, 2.45) is 5.73 Å². The number of rotatable bonds is 6. The molecule has 0 bridgehead atoms. The number of nitrogens with zero attached hydrogens (tertiary/aromatic N) is 1. The van der Waals surface area contributed by atoms with Gasteiger partial charge in [0.2, 0.25) is 5.91 Å². The fraction of sp³-hybridized carbons (Fsp3) is 0.533. The maximum absolute atomic E-state index is 13.3. The molecule has 0 radical (unpaired) electrons. The second-order valence-corrected chi connectivity index (χ2v) is 5.08. The molecule has 3 nitrogen and oxygen atoms in total. The van der Waals surface area contributed by atoms with E-state index in [1.165, 1.54) is 31.4 Å². The summed E-state index contributed by atoms with van der Waals surface area (Å²) >= 11 is 0. The Balaban J connectivity index is 2.01. The van der Waals surface area contributed by atoms with Crippen molar-refractivity contribution in [3.05, 3.63) is 29.6 Å². The number of unbranched alkanes of at least 4 members (excludes halogenated alkanes) is 4. The average molecular weight is 264 g/mol. The Hall–Kier alpha value is -1.42. The summed E-state index contributed by atoms with van der Waals surface area (Å²) in [6.45, 7) is 2.80. The summed E-state index contributed by atoms with van der Waals surface area (Å²) in [6, 6.07) is 3.75. The van der Waals surface area contributed by atoms with Crippen LogP contribution < -0.4 is 10.6 Å². The minimum Gasteiger partial charge on any atom is -0.316 e. The van der Waals surface area contributed by atoms with Crippen LogP contribution >= 0.6 is 0 Å². The Bertz CT molecular complexity index is 461. The first kappa shape index (κ1) is 14.0. The molecule has 1 aliphatic heterocycles. The van der Waals surface area contributed by atoms with Crippen molar-refractivity contribution in [3.63, 3.8) is 0 Å². The molecule has 0 aromatic heterocycles. The van der Waals surface area contributed by atoms with Crippen LogP contribution in [0.25, 0.3) is 0 Å². The lowest BCUT2D eigenvalue weighted by Crippen LogP contribution is -2.32. The van der Waals surface area contributed by atoms with Crippen molar-refractivity contribution >= 4 is 11.6 Å². The van der Waals surface area contributed by atoms with Gasteiger partial charge in [-0.1, -0.05) is 38.7 Å². The van der Waals surface area contributed by atoms with Crippen molar-refractivity contribution in [2.75, 3.05) is 11.4 Å². The first-order chi connectivity index (χ1) is 9.15. The Kier molecular flexibility index (Phi) is 4.53. The molecule has 0 saturated carbocycles. The summed E-state index contributed by atoms with van der Waals surface area (Å²) in [5.74, 6) is -0.437. The Morgan fingerprint density at radius 1 is 1.26 bits per heavy atom. The molecule has 1 aliphatic rings. The predicted molar refractivity (Wildman–Crippen MR) is 74.4 cm³/mol. The second kappa shape index (κ2) is 6.15. The standard InChI is InChI=1S/C15H21FN2O/c1-2-3-4-5-6-9-18-13-10-11(16)7-8-12(13)14(17)15(18)19/h7-8,10,14H,2-6,9,17H2,1H3. The number of amides is 1. The van der Waals surface area contributed by atoms with Gasteiger partial charge in [-0.3, -0.25) is 4.79 Å². The van der Waals surface area contributed by atoms with E-state index in [9.17, 15) is 9.18 Å². The topological polar surface area (TPSA) is 46.3 Å². The number of carbonyl (C=O) groups is 1. The Labute approximate surface area is 113 Å². The third-order valence-electron chi connectivity index (χ3n) is 3.64. The zero-order valence-corrected chi connectivity index (χ0v) is 11.4. The van der Waals surface area contributed by atoms with E-state index in [1.807, 2.05) is 0 Å². The molecule has 1 heterocycles. The Morgan fingerprint density at radius 3 is 2.74 bits per heavy atom. The maximum atomic E-state index is 13.3. The van der Waals surface area contributed by atoms with E-state index in [0.29, 0.717) is 12.2 Å². The van der Waals surface area contributed by atoms with Gasteiger partial charge in [0.15, 0.2) is 0 Å². The largest absolute Gasteiger partial charge is 0.316 e. The number of nitrogens with two attached hydrogens (primary N) is 1. The highest BCUT2D eigenvalue weighted by atomic mass is 19.1. The zero-order chi connectivity index (χ0) is 13.8. The van der Waals surface area contributed by atoms with Crippen molar-refractivity contribution in [2.45, 2.75) is 45.1 Å². The third kappa shape index (κ3) is 2.95. The zero-order valence-electron chi connectivity index (χ0n) is 11.4. The van der Waals surface area contributed by atoms with Crippen molar-refractivity contribution < 1.29 is 9.18 Å². The molecule has 1 aromatic carbocycles. The third-order valence-corrected chi connectivity index (χ3v) is 3.64. The van der Waals surface area contributed by atoms with Crippen LogP contribution in [0.3, 0.4) is 0 Å². The van der Waals surface area contributed by atoms with Crippen molar-refractivity contribution in [1.29, 1.82) is 0 Å². The van der Waals surface area contributed by atoms with Gasteiger partial charge in [0.05, 0.1) is 5.69 Å². The molecule has 1 atom stereocenters. The quantitative estimate of drug-likeness (QED) is 0.802. The van der Waals surface area contributed by atoms with E-state index in [4.69, 9.17) is 5.73 Å². The minimum atomic E-state index is -0.633. The average Bonchev–Trinajstić information content (AvgIpc) is 2.63. The number of halogens is 1. The molecule has 19 heavy (non-hydrogen) atoms. The van der Waals surface area contributed by atoms with Crippen LogP contribution in [0.15, 0.2) is 18.2 Å². The van der Waals surface area contributed by atoms with Gasteiger partial charge in [0.25, 0.3) is 0 Å². The monoisotopic (exact) mass is 264 g/mol.